The smallest absolute Gasteiger partial charge is 0.407 e. The summed E-state index contributed by atoms with van der Waals surface area (Å²) < 4.78 is 15.9. The molecule has 0 aliphatic carbocycles. The molecular formula is C19H30N2O6. The van der Waals surface area contributed by atoms with E-state index in [0.29, 0.717) is 12.5 Å². The molecule has 0 saturated heterocycles. The first-order valence-electron chi connectivity index (χ1n) is 8.85. The van der Waals surface area contributed by atoms with Crippen LogP contribution in [0, 0.1) is 0 Å². The molecule has 1 rings (SSSR count). The van der Waals surface area contributed by atoms with E-state index in [1.54, 1.807) is 27.7 Å². The molecule has 1 aromatic rings. The Balaban J connectivity index is 2.64. The van der Waals surface area contributed by atoms with Gasteiger partial charge in [0.15, 0.2) is 0 Å². The predicted octanol–water partition coefficient (Wildman–Crippen LogP) is 2.80. The van der Waals surface area contributed by atoms with Gasteiger partial charge in [-0.15, -0.1) is 0 Å². The molecule has 1 amide bonds. The first kappa shape index (κ1) is 22.7. The quantitative estimate of drug-likeness (QED) is 0.295. The highest BCUT2D eigenvalue weighted by molar-refractivity contribution is 5.72. The van der Waals surface area contributed by atoms with E-state index >= 15 is 0 Å². The predicted molar refractivity (Wildman–Crippen MR) is 101 cm³/mol. The van der Waals surface area contributed by atoms with E-state index in [1.165, 1.54) is 0 Å². The number of nitrogens with one attached hydrogen (secondary N) is 1. The summed E-state index contributed by atoms with van der Waals surface area (Å²) in [4.78, 5) is 17.0. The summed E-state index contributed by atoms with van der Waals surface area (Å²) >= 11 is 0. The molecule has 152 valence electrons. The van der Waals surface area contributed by atoms with E-state index in [-0.39, 0.29) is 13.2 Å². The Kier molecular flexibility index (Phi) is 9.60. The second kappa shape index (κ2) is 11.4. The summed E-state index contributed by atoms with van der Waals surface area (Å²) in [7, 11) is 0. The van der Waals surface area contributed by atoms with Gasteiger partial charge in [0.1, 0.15) is 11.7 Å². The molecule has 0 spiro atoms. The van der Waals surface area contributed by atoms with Crippen molar-refractivity contribution >= 4 is 12.0 Å². The van der Waals surface area contributed by atoms with E-state index in [0.717, 1.165) is 5.56 Å². The fourth-order valence-electron chi connectivity index (χ4n) is 1.92. The van der Waals surface area contributed by atoms with Crippen molar-refractivity contribution in [2.75, 3.05) is 13.2 Å². The summed E-state index contributed by atoms with van der Waals surface area (Å²) in [6, 6.07) is 9.43. The van der Waals surface area contributed by atoms with Crippen LogP contribution in [0.4, 0.5) is 4.79 Å². The Morgan fingerprint density at radius 3 is 2.52 bits per heavy atom. The number of benzene rings is 1. The highest BCUT2D eigenvalue weighted by atomic mass is 16.8. The molecule has 0 fully saturated rings. The molecule has 2 atom stereocenters. The Morgan fingerprint density at radius 1 is 1.26 bits per heavy atom. The molecule has 0 aliphatic rings. The monoisotopic (exact) mass is 382 g/mol. The minimum atomic E-state index is -1.17. The van der Waals surface area contributed by atoms with Crippen molar-refractivity contribution in [2.45, 2.75) is 59.2 Å². The number of aliphatic hydroxyl groups excluding tert-OH is 1. The lowest BCUT2D eigenvalue weighted by Gasteiger charge is -2.23. The summed E-state index contributed by atoms with van der Waals surface area (Å²) in [5.74, 6) is 0.304. The number of oxime groups is 1. The van der Waals surface area contributed by atoms with Gasteiger partial charge in [-0.1, -0.05) is 30.3 Å². The van der Waals surface area contributed by atoms with Crippen LogP contribution in [0.3, 0.4) is 0 Å². The Morgan fingerprint density at radius 2 is 1.93 bits per heavy atom. The second-order valence-corrected chi connectivity index (χ2v) is 6.76. The number of aliphatic hydroxyl groups is 1. The number of carbonyl (C=O) groups excluding carboxylic acids is 1. The van der Waals surface area contributed by atoms with E-state index in [9.17, 15) is 9.90 Å². The molecule has 2 N–H and O–H groups in total. The van der Waals surface area contributed by atoms with Crippen LogP contribution >= 0.6 is 0 Å². The zero-order chi connectivity index (χ0) is 20.3. The number of rotatable bonds is 9. The number of amides is 1. The average Bonchev–Trinajstić information content (AvgIpc) is 2.59. The molecule has 8 nitrogen and oxygen atoms in total. The summed E-state index contributed by atoms with van der Waals surface area (Å²) in [5, 5.41) is 16.6. The summed E-state index contributed by atoms with van der Waals surface area (Å²) in [6.45, 7) is 9.23. The summed E-state index contributed by atoms with van der Waals surface area (Å²) in [6.07, 6.45) is -2.91. The minimum Gasteiger partial charge on any atom is -0.479 e. The molecule has 0 saturated carbocycles. The van der Waals surface area contributed by atoms with E-state index in [1.807, 2.05) is 37.3 Å². The van der Waals surface area contributed by atoms with Crippen molar-refractivity contribution in [3.05, 3.63) is 35.9 Å². The largest absolute Gasteiger partial charge is 0.479 e. The van der Waals surface area contributed by atoms with Crippen molar-refractivity contribution in [3.8, 4) is 0 Å². The molecule has 0 heterocycles. The van der Waals surface area contributed by atoms with Gasteiger partial charge < -0.3 is 29.5 Å². The van der Waals surface area contributed by atoms with E-state index < -0.39 is 24.1 Å². The Labute approximate surface area is 160 Å². The molecule has 27 heavy (non-hydrogen) atoms. The van der Waals surface area contributed by atoms with Gasteiger partial charge in [-0.2, -0.15) is 0 Å². The highest BCUT2D eigenvalue weighted by Gasteiger charge is 2.24. The molecule has 0 bridgehead atoms. The van der Waals surface area contributed by atoms with Crippen LogP contribution < -0.4 is 5.32 Å². The molecule has 0 aliphatic heterocycles. The minimum absolute atomic E-state index is 0.127. The Bertz CT molecular complexity index is 586. The van der Waals surface area contributed by atoms with Gasteiger partial charge in [0.05, 0.1) is 19.8 Å². The van der Waals surface area contributed by atoms with Gasteiger partial charge in [-0.25, -0.2) is 4.79 Å². The van der Waals surface area contributed by atoms with Crippen LogP contribution in [0.2, 0.25) is 0 Å². The lowest BCUT2D eigenvalue weighted by Crippen LogP contribution is -2.42. The van der Waals surface area contributed by atoms with Gasteiger partial charge in [0, 0.05) is 6.92 Å². The number of carbonyl (C=O) groups is 1. The first-order valence-corrected chi connectivity index (χ1v) is 8.85. The van der Waals surface area contributed by atoms with Gasteiger partial charge in [-0.3, -0.25) is 0 Å². The number of nitrogens with zero attached hydrogens (tertiary/aromatic N) is 1. The van der Waals surface area contributed by atoms with Crippen LogP contribution in [0.15, 0.2) is 35.5 Å². The highest BCUT2D eigenvalue weighted by Crippen LogP contribution is 2.10. The number of hydrogen-bond acceptors (Lipinski definition) is 7. The van der Waals surface area contributed by atoms with Gasteiger partial charge in [0.25, 0.3) is 6.29 Å². The molecular weight excluding hydrogens is 352 g/mol. The first-order chi connectivity index (χ1) is 12.7. The van der Waals surface area contributed by atoms with Crippen LogP contribution in [0.1, 0.15) is 40.2 Å². The standard InChI is InChI=1S/C19H30N2O6/c1-6-24-14(2)21-27-17(25-13-15-10-8-7-9-11-15)16(22)12-20-18(23)26-19(3,4)5/h7-11,16-17,22H,6,12-13H2,1-5H3,(H,20,23). The lowest BCUT2D eigenvalue weighted by molar-refractivity contribution is -0.199. The maximum absolute atomic E-state index is 11.7. The average molecular weight is 382 g/mol. The normalized spacial score (nSPS) is 14.2. The van der Waals surface area contributed by atoms with Crippen molar-refractivity contribution in [2.24, 2.45) is 5.16 Å². The third-order valence-electron chi connectivity index (χ3n) is 3.06. The number of ether oxygens (including phenoxy) is 3. The Hall–Kier alpha value is -2.32. The SMILES string of the molecule is CCOC(C)=NOC(OCc1ccccc1)C(O)CNC(=O)OC(C)(C)C. The van der Waals surface area contributed by atoms with Crippen molar-refractivity contribution in [1.29, 1.82) is 0 Å². The maximum Gasteiger partial charge on any atom is 0.407 e. The van der Waals surface area contributed by atoms with Crippen molar-refractivity contribution in [1.82, 2.24) is 5.32 Å². The van der Waals surface area contributed by atoms with Crippen LogP contribution in [-0.4, -0.2) is 48.2 Å². The topological polar surface area (TPSA) is 98.6 Å². The second-order valence-electron chi connectivity index (χ2n) is 6.76. The molecule has 0 radical (unpaired) electrons. The van der Waals surface area contributed by atoms with E-state index in [4.69, 9.17) is 19.0 Å². The third-order valence-corrected chi connectivity index (χ3v) is 3.06. The van der Waals surface area contributed by atoms with Gasteiger partial charge in [0.2, 0.25) is 5.90 Å². The van der Waals surface area contributed by atoms with Crippen LogP contribution in [0.25, 0.3) is 0 Å². The molecule has 0 aromatic heterocycles. The zero-order valence-electron chi connectivity index (χ0n) is 16.6. The zero-order valence-corrected chi connectivity index (χ0v) is 16.6. The molecule has 2 unspecified atom stereocenters. The van der Waals surface area contributed by atoms with Gasteiger partial charge in [-0.05, 0) is 38.4 Å². The van der Waals surface area contributed by atoms with Gasteiger partial charge >= 0.3 is 6.09 Å². The lowest BCUT2D eigenvalue weighted by atomic mass is 10.2. The maximum atomic E-state index is 11.7. The molecule has 8 heteroatoms. The summed E-state index contributed by atoms with van der Waals surface area (Å²) in [5.41, 5.74) is 0.275. The van der Waals surface area contributed by atoms with Crippen LogP contribution in [-0.2, 0) is 25.7 Å². The van der Waals surface area contributed by atoms with Crippen LogP contribution in [0.5, 0.6) is 0 Å². The van der Waals surface area contributed by atoms with Crippen molar-refractivity contribution < 1.29 is 28.9 Å². The third kappa shape index (κ3) is 10.4. The fourth-order valence-corrected chi connectivity index (χ4v) is 1.92. The molecule has 1 aromatic carbocycles. The fraction of sp³-hybridized carbons (Fsp3) is 0.579. The van der Waals surface area contributed by atoms with Crippen molar-refractivity contribution in [3.63, 3.8) is 0 Å². The number of alkyl carbamates (subject to hydrolysis) is 1. The number of hydrogen-bond donors (Lipinski definition) is 2. The van der Waals surface area contributed by atoms with E-state index in [2.05, 4.69) is 10.5 Å².